The van der Waals surface area contributed by atoms with Gasteiger partial charge in [-0.05, 0) is 60.4 Å². The Morgan fingerprint density at radius 3 is 2.58 bits per heavy atom. The third-order valence-corrected chi connectivity index (χ3v) is 6.68. The van der Waals surface area contributed by atoms with E-state index in [-0.39, 0.29) is 11.9 Å². The van der Waals surface area contributed by atoms with Crippen LogP contribution in [0.5, 0.6) is 5.75 Å². The molecule has 1 atom stereocenters. The molecule has 174 valence electrons. The van der Waals surface area contributed by atoms with Crippen LogP contribution >= 0.6 is 0 Å². The van der Waals surface area contributed by atoms with Gasteiger partial charge in [-0.2, -0.15) is 0 Å². The van der Waals surface area contributed by atoms with Crippen molar-refractivity contribution in [3.8, 4) is 5.75 Å². The van der Waals surface area contributed by atoms with E-state index in [0.29, 0.717) is 18.4 Å². The monoisotopic (exact) mass is 445 g/mol. The average Bonchev–Trinajstić information content (AvgIpc) is 2.83. The fourth-order valence-electron chi connectivity index (χ4n) is 5.07. The Bertz CT molecular complexity index is 1090. The highest BCUT2D eigenvalue weighted by atomic mass is 16.5. The number of methoxy groups -OCH3 is 1. The fourth-order valence-corrected chi connectivity index (χ4v) is 5.07. The molecule has 1 aliphatic rings. The van der Waals surface area contributed by atoms with E-state index in [9.17, 15) is 4.79 Å². The molecule has 1 heterocycles. The molecule has 0 amide bonds. The van der Waals surface area contributed by atoms with Gasteiger partial charge in [0.2, 0.25) is 0 Å². The van der Waals surface area contributed by atoms with Crippen LogP contribution in [0.15, 0.2) is 54.6 Å². The van der Waals surface area contributed by atoms with Crippen LogP contribution in [-0.4, -0.2) is 18.1 Å². The highest BCUT2D eigenvalue weighted by Crippen LogP contribution is 2.38. The molecule has 0 spiro atoms. The third kappa shape index (κ3) is 5.73. The average molecular weight is 446 g/mol. The van der Waals surface area contributed by atoms with E-state index in [4.69, 9.17) is 14.5 Å². The second-order valence-corrected chi connectivity index (χ2v) is 9.65. The normalized spacial score (nSPS) is 15.5. The molecule has 0 bridgehead atoms. The van der Waals surface area contributed by atoms with Crippen LogP contribution < -0.4 is 4.74 Å². The molecule has 0 radical (unpaired) electrons. The number of carbonyl (C=O) groups is 1. The zero-order valence-corrected chi connectivity index (χ0v) is 20.0. The number of para-hydroxylation sites is 1. The largest absolute Gasteiger partial charge is 0.487 e. The zero-order valence-electron chi connectivity index (χ0n) is 20.0. The molecule has 2 aromatic carbocycles. The molecular formula is C29H35NO3. The number of benzene rings is 2. The SMILES string of the molecule is COC(=O)C(c1ccc(OCc2ccc3ccccc3n2)c(CC(C)C)c1)C1CCCCC1. The molecule has 1 unspecified atom stereocenters. The minimum absolute atomic E-state index is 0.119. The van der Waals surface area contributed by atoms with Crippen molar-refractivity contribution in [2.45, 2.75) is 64.9 Å². The second-order valence-electron chi connectivity index (χ2n) is 9.65. The van der Waals surface area contributed by atoms with Crippen molar-refractivity contribution >= 4 is 16.9 Å². The maximum atomic E-state index is 12.8. The smallest absolute Gasteiger partial charge is 0.313 e. The van der Waals surface area contributed by atoms with E-state index in [2.05, 4.69) is 38.1 Å². The van der Waals surface area contributed by atoms with Gasteiger partial charge in [0.25, 0.3) is 0 Å². The van der Waals surface area contributed by atoms with Crippen LogP contribution in [0.2, 0.25) is 0 Å². The van der Waals surface area contributed by atoms with E-state index < -0.39 is 0 Å². The van der Waals surface area contributed by atoms with Gasteiger partial charge in [0.15, 0.2) is 0 Å². The third-order valence-electron chi connectivity index (χ3n) is 6.68. The lowest BCUT2D eigenvalue weighted by Gasteiger charge is -2.29. The summed E-state index contributed by atoms with van der Waals surface area (Å²) >= 11 is 0. The van der Waals surface area contributed by atoms with Crippen LogP contribution in [0.4, 0.5) is 0 Å². The van der Waals surface area contributed by atoms with Gasteiger partial charge in [0, 0.05) is 5.39 Å². The highest BCUT2D eigenvalue weighted by molar-refractivity contribution is 5.79. The minimum Gasteiger partial charge on any atom is -0.487 e. The van der Waals surface area contributed by atoms with Crippen molar-refractivity contribution in [1.82, 2.24) is 4.98 Å². The Hall–Kier alpha value is -2.88. The summed E-state index contributed by atoms with van der Waals surface area (Å²) in [6, 6.07) is 18.5. The van der Waals surface area contributed by atoms with Gasteiger partial charge in [-0.1, -0.05) is 69.5 Å². The molecule has 1 aliphatic carbocycles. The molecule has 3 aromatic rings. The number of esters is 1. The van der Waals surface area contributed by atoms with Crippen LogP contribution in [0.1, 0.15) is 68.7 Å². The lowest BCUT2D eigenvalue weighted by Crippen LogP contribution is -2.25. The maximum Gasteiger partial charge on any atom is 0.313 e. The van der Waals surface area contributed by atoms with E-state index in [1.165, 1.54) is 26.4 Å². The maximum absolute atomic E-state index is 12.8. The molecule has 1 fully saturated rings. The summed E-state index contributed by atoms with van der Waals surface area (Å²) in [5, 5.41) is 1.13. The number of aromatic nitrogens is 1. The van der Waals surface area contributed by atoms with E-state index in [1.54, 1.807) is 0 Å². The number of pyridine rings is 1. The second kappa shape index (κ2) is 10.8. The Morgan fingerprint density at radius 1 is 1.03 bits per heavy atom. The van der Waals surface area contributed by atoms with Crippen LogP contribution in [0.25, 0.3) is 10.9 Å². The first-order valence-electron chi connectivity index (χ1n) is 12.2. The number of nitrogens with zero attached hydrogens (tertiary/aromatic N) is 1. The Kier molecular flexibility index (Phi) is 7.64. The summed E-state index contributed by atoms with van der Waals surface area (Å²) in [5.41, 5.74) is 4.08. The number of hydrogen-bond donors (Lipinski definition) is 0. The van der Waals surface area contributed by atoms with Crippen LogP contribution in [0.3, 0.4) is 0 Å². The van der Waals surface area contributed by atoms with Crippen molar-refractivity contribution < 1.29 is 14.3 Å². The fraction of sp³-hybridized carbons (Fsp3) is 0.448. The van der Waals surface area contributed by atoms with Crippen LogP contribution in [-0.2, 0) is 22.6 Å². The van der Waals surface area contributed by atoms with Crippen molar-refractivity contribution in [3.05, 3.63) is 71.4 Å². The topological polar surface area (TPSA) is 48.4 Å². The quantitative estimate of drug-likeness (QED) is 0.356. The summed E-state index contributed by atoms with van der Waals surface area (Å²) in [6.07, 6.45) is 6.72. The van der Waals surface area contributed by atoms with Gasteiger partial charge in [-0.25, -0.2) is 4.98 Å². The van der Waals surface area contributed by atoms with Gasteiger partial charge in [0.1, 0.15) is 12.4 Å². The van der Waals surface area contributed by atoms with Crippen molar-refractivity contribution in [2.75, 3.05) is 7.11 Å². The Labute approximate surface area is 197 Å². The molecular weight excluding hydrogens is 410 g/mol. The molecule has 0 N–H and O–H groups in total. The summed E-state index contributed by atoms with van der Waals surface area (Å²) in [6.45, 7) is 4.83. The molecule has 0 aliphatic heterocycles. The van der Waals surface area contributed by atoms with Crippen molar-refractivity contribution in [3.63, 3.8) is 0 Å². The molecule has 4 rings (SSSR count). The predicted octanol–water partition coefficient (Wildman–Crippen LogP) is 6.85. The summed E-state index contributed by atoms with van der Waals surface area (Å²) in [7, 11) is 1.50. The molecule has 1 aromatic heterocycles. The van der Waals surface area contributed by atoms with Gasteiger partial charge in [-0.15, -0.1) is 0 Å². The summed E-state index contributed by atoms with van der Waals surface area (Å²) < 4.78 is 11.5. The van der Waals surface area contributed by atoms with E-state index in [0.717, 1.165) is 52.7 Å². The summed E-state index contributed by atoms with van der Waals surface area (Å²) in [5.74, 6) is 1.39. The molecule has 4 heteroatoms. The predicted molar refractivity (Wildman–Crippen MR) is 132 cm³/mol. The standard InChI is InChI=1S/C29H35NO3/c1-20(2)17-24-18-23(28(29(31)32-3)22-10-5-4-6-11-22)14-16-27(24)33-19-25-15-13-21-9-7-8-12-26(21)30-25/h7-9,12-16,18,20,22,28H,4-6,10-11,17,19H2,1-3H3. The van der Waals surface area contributed by atoms with Gasteiger partial charge >= 0.3 is 5.97 Å². The van der Waals surface area contributed by atoms with E-state index >= 15 is 0 Å². The van der Waals surface area contributed by atoms with Crippen molar-refractivity contribution in [1.29, 1.82) is 0 Å². The van der Waals surface area contributed by atoms with Crippen molar-refractivity contribution in [2.24, 2.45) is 11.8 Å². The van der Waals surface area contributed by atoms with E-state index in [1.807, 2.05) is 30.3 Å². The highest BCUT2D eigenvalue weighted by Gasteiger charge is 2.32. The Balaban J connectivity index is 1.58. The minimum atomic E-state index is -0.197. The number of rotatable bonds is 8. The van der Waals surface area contributed by atoms with Crippen LogP contribution in [0, 0.1) is 11.8 Å². The number of carbonyl (C=O) groups excluding carboxylic acids is 1. The summed E-state index contributed by atoms with van der Waals surface area (Å²) in [4.78, 5) is 17.5. The number of hydrogen-bond acceptors (Lipinski definition) is 4. The molecule has 33 heavy (non-hydrogen) atoms. The number of ether oxygens (including phenoxy) is 2. The van der Waals surface area contributed by atoms with Gasteiger partial charge < -0.3 is 9.47 Å². The van der Waals surface area contributed by atoms with Gasteiger partial charge in [0.05, 0.1) is 24.2 Å². The zero-order chi connectivity index (χ0) is 23.2. The first kappa shape index (κ1) is 23.3. The first-order chi connectivity index (χ1) is 16.0. The lowest BCUT2D eigenvalue weighted by molar-refractivity contribution is -0.144. The first-order valence-corrected chi connectivity index (χ1v) is 12.2. The number of fused-ring (bicyclic) bond motifs is 1. The molecule has 4 nitrogen and oxygen atoms in total. The Morgan fingerprint density at radius 2 is 1.82 bits per heavy atom. The van der Waals surface area contributed by atoms with Gasteiger partial charge in [-0.3, -0.25) is 4.79 Å². The molecule has 0 saturated heterocycles. The lowest BCUT2D eigenvalue weighted by atomic mass is 9.76. The molecule has 1 saturated carbocycles.